The van der Waals surface area contributed by atoms with E-state index < -0.39 is 17.4 Å². The number of benzene rings is 6. The molecule has 0 fully saturated rings. The lowest BCUT2D eigenvalue weighted by Gasteiger charge is -2.30. The highest BCUT2D eigenvalue weighted by Crippen LogP contribution is 2.58. The fraction of sp³-hybridized carbons (Fsp3) is 0.0921. The summed E-state index contributed by atoms with van der Waals surface area (Å²) in [7, 11) is 2.13. The Hall–Kier alpha value is -12.2. The Morgan fingerprint density at radius 3 is 1.64 bits per heavy atom. The van der Waals surface area contributed by atoms with E-state index in [0.717, 1.165) is 108 Å². The SMILES string of the molecule is Cc1cc2n(n1)C13c4c(ccc5c4c4c(cccn41)c1cc[n+](C)c15)Oc1cccc-2[n+]13.Cc1cc2n(n1)C13c4c(ccc5c6occc6c6ccc[n+]1c6c45)Oc1cccc-2[n+]13.Cc1cc2n(n1)C13c4c(ccc5c6sccc6c6ccc[n+]1c6c45)Oc1cccc-2[n+]13. The van der Waals surface area contributed by atoms with Crippen LogP contribution < -0.4 is 41.6 Å². The molecule has 438 valence electrons. The van der Waals surface area contributed by atoms with Gasteiger partial charge in [-0.1, -0.05) is 15.2 Å². The Bertz CT molecular complexity index is 6610. The lowest BCUT2D eigenvalue weighted by molar-refractivity contribution is -0.970. The monoisotopic (exact) mass is 1240 g/mol. The van der Waals surface area contributed by atoms with Gasteiger partial charge in [-0.2, -0.15) is 20.0 Å². The third kappa shape index (κ3) is 4.73. The summed E-state index contributed by atoms with van der Waals surface area (Å²) in [6, 6.07) is 57.9. The Morgan fingerprint density at radius 2 is 0.979 bits per heavy atom. The number of aryl methyl sites for hydroxylation is 4. The lowest BCUT2D eigenvalue weighted by atomic mass is 9.96. The minimum absolute atomic E-state index is 0.631. The maximum atomic E-state index is 6.54. The number of hydrogen-bond acceptors (Lipinski definition) is 8. The van der Waals surface area contributed by atoms with Crippen molar-refractivity contribution in [2.24, 2.45) is 7.05 Å². The van der Waals surface area contributed by atoms with E-state index in [2.05, 4.69) is 262 Å². The Labute approximate surface area is 533 Å². The lowest BCUT2D eigenvalue weighted by Crippen LogP contribution is -2.75. The van der Waals surface area contributed by atoms with Gasteiger partial charge in [-0.05, 0) is 129 Å². The molecule has 6 aromatic carbocycles. The first-order chi connectivity index (χ1) is 46.3. The normalized spacial score (nSPS) is 18.8. The highest BCUT2D eigenvalue weighted by molar-refractivity contribution is 7.18. The second-order valence-corrected chi connectivity index (χ2v) is 27.2. The first-order valence-corrected chi connectivity index (χ1v) is 32.6. The van der Waals surface area contributed by atoms with Gasteiger partial charge in [0, 0.05) is 79.6 Å². The topological polar surface area (TPSA) is 122 Å². The van der Waals surface area contributed by atoms with Crippen molar-refractivity contribution >= 4 is 108 Å². The maximum absolute atomic E-state index is 6.54. The summed E-state index contributed by atoms with van der Waals surface area (Å²) in [5.41, 5.74) is 19.0. The molecule has 17 nitrogen and oxygen atoms in total. The molecule has 0 bridgehead atoms. The van der Waals surface area contributed by atoms with Gasteiger partial charge in [-0.25, -0.2) is 4.57 Å². The van der Waals surface area contributed by atoms with Gasteiger partial charge in [-0.3, -0.25) is 4.57 Å². The summed E-state index contributed by atoms with van der Waals surface area (Å²) >= 11 is 1.81. The molecule has 9 aliphatic heterocycles. The Morgan fingerprint density at radius 1 is 0.436 bits per heavy atom. The third-order valence-corrected chi connectivity index (χ3v) is 22.8. The van der Waals surface area contributed by atoms with Crippen LogP contribution in [0.25, 0.3) is 131 Å². The molecule has 21 heterocycles. The van der Waals surface area contributed by atoms with Gasteiger partial charge < -0.3 is 18.6 Å². The number of nitrogens with zero attached hydrogens (tertiary/aromatic N) is 13. The molecule has 0 N–H and O–H groups in total. The standard InChI is InChI=1S/C26H17N5O.C25H14N4O2.C25H14N4OS/c1-14-13-19-18-6-3-7-21-30(18)26(31(19)27-14)23-20(32-21)9-8-17-22(23)25-15(5-4-11-29(25)26)16-10-12-28(2)24(16)17;1-13-12-18-17-5-2-6-20-28(17)25(29(18)26-13)22-19(31-20)8-7-16-21(22)23-14(4-3-10-27(23)25)15-9-11-30-24(15)16;1-13-12-18-17-5-2-6-20-28(17)25(29(18)26-13)22-19(30-20)8-7-16-21(22)23-14(4-3-10-27(23)25)15-9-11-31-24(15)16/h3-13H,1-2H3;2*2-12H,1H3/q3*+2. The summed E-state index contributed by atoms with van der Waals surface area (Å²) in [4.78, 5) is 0. The van der Waals surface area contributed by atoms with E-state index in [1.165, 1.54) is 91.8 Å². The molecule has 9 aliphatic rings. The van der Waals surface area contributed by atoms with Crippen LogP contribution in [-0.4, -0.2) is 33.9 Å². The smallest absolute Gasteiger partial charge is 0.464 e. The highest BCUT2D eigenvalue weighted by Gasteiger charge is 2.74. The second kappa shape index (κ2) is 15.1. The molecule has 3 atom stereocenters. The molecule has 3 spiro atoms. The van der Waals surface area contributed by atoms with Crippen molar-refractivity contribution in [2.75, 3.05) is 0 Å². The van der Waals surface area contributed by atoms with Crippen molar-refractivity contribution in [2.45, 2.75) is 38.1 Å². The van der Waals surface area contributed by atoms with Crippen LogP contribution in [0.1, 0.15) is 33.8 Å². The number of rotatable bonds is 0. The van der Waals surface area contributed by atoms with Crippen LogP contribution in [0.3, 0.4) is 0 Å². The molecular formula is C76H45N13O4S+6. The molecule has 0 saturated carbocycles. The molecule has 0 radical (unpaired) electrons. The Balaban J connectivity index is 0.0000000855. The number of hydrogen-bond donors (Lipinski definition) is 0. The number of aromatic nitrogens is 13. The van der Waals surface area contributed by atoms with Crippen LogP contribution in [0.15, 0.2) is 205 Å². The molecule has 94 heavy (non-hydrogen) atoms. The van der Waals surface area contributed by atoms with Crippen LogP contribution in [-0.2, 0) is 24.4 Å². The molecule has 3 unspecified atom stereocenters. The van der Waals surface area contributed by atoms with E-state index in [1.807, 2.05) is 17.4 Å². The van der Waals surface area contributed by atoms with Crippen LogP contribution in [0.5, 0.6) is 34.9 Å². The van der Waals surface area contributed by atoms with Crippen LogP contribution in [0.2, 0.25) is 0 Å². The van der Waals surface area contributed by atoms with E-state index in [1.54, 1.807) is 6.26 Å². The minimum atomic E-state index is -0.677. The van der Waals surface area contributed by atoms with E-state index in [9.17, 15) is 0 Å². The predicted molar refractivity (Wildman–Crippen MR) is 348 cm³/mol. The average Bonchev–Trinajstić information content (AvgIpc) is 1.49. The largest absolute Gasteiger partial charge is 0.504 e. The van der Waals surface area contributed by atoms with Crippen molar-refractivity contribution < 1.29 is 46.0 Å². The number of furan rings is 1. The van der Waals surface area contributed by atoms with E-state index in [-0.39, 0.29) is 0 Å². The van der Waals surface area contributed by atoms with Crippen molar-refractivity contribution in [3.05, 3.63) is 234 Å². The number of thiophene rings is 1. The minimum Gasteiger partial charge on any atom is -0.464 e. The van der Waals surface area contributed by atoms with E-state index in [4.69, 9.17) is 33.9 Å². The first kappa shape index (κ1) is 47.8. The average molecular weight is 1240 g/mol. The number of fused-ring (bicyclic) bond motifs is 15. The molecular weight excluding hydrogens is 1190 g/mol. The summed E-state index contributed by atoms with van der Waals surface area (Å²) in [5, 5.41) is 32.1. The molecule has 18 heteroatoms. The second-order valence-electron chi connectivity index (χ2n) is 26.2. The zero-order valence-electron chi connectivity index (χ0n) is 50.4. The predicted octanol–water partition coefficient (Wildman–Crippen LogP) is 12.1. The van der Waals surface area contributed by atoms with Crippen LogP contribution >= 0.6 is 11.3 Å². The summed E-state index contributed by atoms with van der Waals surface area (Å²) < 4.78 is 49.8. The van der Waals surface area contributed by atoms with Gasteiger partial charge in [0.1, 0.15) is 41.0 Å². The van der Waals surface area contributed by atoms with Gasteiger partial charge in [0.05, 0.1) is 79.4 Å². The van der Waals surface area contributed by atoms with Crippen LogP contribution in [0.4, 0.5) is 0 Å². The fourth-order valence-corrected chi connectivity index (χ4v) is 19.8. The van der Waals surface area contributed by atoms with E-state index >= 15 is 0 Å². The summed E-state index contributed by atoms with van der Waals surface area (Å²) in [5.74, 6) is 3.20. The zero-order chi connectivity index (χ0) is 61.0. The van der Waals surface area contributed by atoms with E-state index in [0.29, 0.717) is 0 Å². The van der Waals surface area contributed by atoms with Crippen molar-refractivity contribution in [3.8, 4) is 69.1 Å². The van der Waals surface area contributed by atoms with Crippen LogP contribution in [0, 0.1) is 20.8 Å². The summed E-state index contributed by atoms with van der Waals surface area (Å²) in [6.45, 7) is 6.19. The van der Waals surface area contributed by atoms with Gasteiger partial charge in [0.2, 0.25) is 33.6 Å². The van der Waals surface area contributed by atoms with Gasteiger partial charge in [0.15, 0.2) is 41.2 Å². The molecule has 27 rings (SSSR count). The third-order valence-electron chi connectivity index (χ3n) is 21.8. The molecule has 0 amide bonds. The molecule has 12 aromatic heterocycles. The fourth-order valence-electron chi connectivity index (χ4n) is 18.9. The number of pyridine rings is 6. The quantitative estimate of drug-likeness (QED) is 0.109. The summed E-state index contributed by atoms with van der Waals surface area (Å²) in [6.07, 6.45) is 10.5. The Kier molecular flexibility index (Phi) is 7.66. The van der Waals surface area contributed by atoms with Gasteiger partial charge >= 0.3 is 35.0 Å². The van der Waals surface area contributed by atoms with Gasteiger partial charge in [-0.15, -0.1) is 34.4 Å². The molecule has 18 aromatic rings. The van der Waals surface area contributed by atoms with Crippen molar-refractivity contribution in [3.63, 3.8) is 0 Å². The maximum Gasteiger partial charge on any atom is 0.504 e. The highest BCUT2D eigenvalue weighted by atomic mass is 32.1. The molecule has 0 aliphatic carbocycles. The van der Waals surface area contributed by atoms with Gasteiger partial charge in [0.25, 0.3) is 0 Å². The molecule has 0 saturated heterocycles. The van der Waals surface area contributed by atoms with Crippen molar-refractivity contribution in [1.82, 2.24) is 33.9 Å². The number of ether oxygens (including phenoxy) is 3. The first-order valence-electron chi connectivity index (χ1n) is 31.7. The van der Waals surface area contributed by atoms with Crippen molar-refractivity contribution in [1.29, 1.82) is 0 Å². The zero-order valence-corrected chi connectivity index (χ0v) is 51.2.